The van der Waals surface area contributed by atoms with Crippen LogP contribution in [0.1, 0.15) is 59.9 Å². The fourth-order valence-electron chi connectivity index (χ4n) is 4.71. The first-order valence-corrected chi connectivity index (χ1v) is 14.8. The van der Waals surface area contributed by atoms with Crippen LogP contribution in [0.2, 0.25) is 0 Å². The molecule has 1 aromatic rings. The molecular weight excluding hydrogens is 473 g/mol. The average Bonchev–Trinajstić information content (AvgIpc) is 3.28. The number of benzene rings is 1. The van der Waals surface area contributed by atoms with Crippen LogP contribution in [0.15, 0.2) is 83.1 Å². The van der Waals surface area contributed by atoms with E-state index in [2.05, 4.69) is 102 Å². The molecule has 0 spiro atoms. The van der Waals surface area contributed by atoms with E-state index < -0.39 is 0 Å². The predicted molar refractivity (Wildman–Crippen MR) is 139 cm³/mol. The van der Waals surface area contributed by atoms with Crippen molar-refractivity contribution in [3.63, 3.8) is 0 Å². The van der Waals surface area contributed by atoms with Gasteiger partial charge in [-0.1, -0.05) is 113 Å². The van der Waals surface area contributed by atoms with Gasteiger partial charge in [-0.2, -0.15) is 5.70 Å². The van der Waals surface area contributed by atoms with Crippen LogP contribution >= 0.6 is 20.1 Å². The summed E-state index contributed by atoms with van der Waals surface area (Å²) in [6.07, 6.45) is 13.3. The molecule has 0 bridgehead atoms. The topological polar surface area (TPSA) is 23.8 Å². The molecule has 0 fully saturated rings. The first-order chi connectivity index (χ1) is 15.1. The Balaban J connectivity index is 0.00000114. The first kappa shape index (κ1) is 27.1. The van der Waals surface area contributed by atoms with Crippen molar-refractivity contribution in [2.45, 2.75) is 54.4 Å². The Hall–Kier alpha value is -1.17. The molecule has 2 aliphatic rings. The summed E-state index contributed by atoms with van der Waals surface area (Å²) < 4.78 is 0. The van der Waals surface area contributed by atoms with Gasteiger partial charge in [0.15, 0.2) is 0 Å². The van der Waals surface area contributed by atoms with Gasteiger partial charge in [-0.3, -0.25) is 0 Å². The van der Waals surface area contributed by atoms with Gasteiger partial charge in [0.2, 0.25) is 0 Å². The molecule has 173 valence electrons. The van der Waals surface area contributed by atoms with Gasteiger partial charge in [0, 0.05) is 0 Å². The molecule has 0 amide bonds. The van der Waals surface area contributed by atoms with Gasteiger partial charge in [0.25, 0.3) is 0 Å². The van der Waals surface area contributed by atoms with Gasteiger partial charge in [0.1, 0.15) is 0 Å². The Bertz CT molecular complexity index is 918. The second-order valence-electron chi connectivity index (χ2n) is 9.82. The molecular formula is C28H36Cl2CrN. The van der Waals surface area contributed by atoms with Gasteiger partial charge in [-0.15, -0.1) is 0 Å². The molecule has 1 nitrogen and oxygen atoms in total. The van der Waals surface area contributed by atoms with Crippen molar-refractivity contribution in [1.82, 2.24) is 0 Å². The third kappa shape index (κ3) is 6.68. The van der Waals surface area contributed by atoms with Crippen LogP contribution in [0.3, 0.4) is 0 Å². The zero-order valence-electron chi connectivity index (χ0n) is 20.1. The first-order valence-electron chi connectivity index (χ1n) is 11.3. The summed E-state index contributed by atoms with van der Waals surface area (Å²) in [7, 11) is 9.65. The summed E-state index contributed by atoms with van der Waals surface area (Å²) in [4.78, 5) is 0. The van der Waals surface area contributed by atoms with E-state index in [1.165, 1.54) is 27.9 Å². The Kier molecular flexibility index (Phi) is 10.4. The van der Waals surface area contributed by atoms with Crippen molar-refractivity contribution in [3.05, 3.63) is 94.4 Å². The third-order valence-corrected chi connectivity index (χ3v) is 6.42. The zero-order valence-corrected chi connectivity index (χ0v) is 22.9. The van der Waals surface area contributed by atoms with E-state index >= 15 is 0 Å². The third-order valence-electron chi connectivity index (χ3n) is 6.42. The number of hydrogen-bond donors (Lipinski definition) is 0. The molecule has 0 saturated heterocycles. The van der Waals surface area contributed by atoms with Gasteiger partial charge >= 0.3 is 33.5 Å². The van der Waals surface area contributed by atoms with Crippen LogP contribution < -0.4 is 0 Å². The quantitative estimate of drug-likeness (QED) is 0.364. The van der Waals surface area contributed by atoms with Crippen molar-refractivity contribution >= 4 is 25.7 Å². The van der Waals surface area contributed by atoms with Crippen molar-refractivity contribution in [3.8, 4) is 0 Å². The molecule has 1 N–H and O–H groups in total. The normalized spacial score (nSPS) is 19.8. The number of halogens is 2. The van der Waals surface area contributed by atoms with Gasteiger partial charge in [-0.05, 0) is 52.7 Å². The van der Waals surface area contributed by atoms with Crippen molar-refractivity contribution in [2.75, 3.05) is 0 Å². The zero-order chi connectivity index (χ0) is 23.9. The van der Waals surface area contributed by atoms with Crippen LogP contribution in [0.5, 0.6) is 0 Å². The van der Waals surface area contributed by atoms with E-state index in [1.807, 2.05) is 0 Å². The second kappa shape index (κ2) is 12.3. The van der Waals surface area contributed by atoms with Crippen LogP contribution in [0.25, 0.3) is 11.3 Å². The number of nitrogens with one attached hydrogen (secondary N) is 1. The van der Waals surface area contributed by atoms with Gasteiger partial charge in [-0.25, -0.2) is 0 Å². The van der Waals surface area contributed by atoms with E-state index in [9.17, 15) is 0 Å². The van der Waals surface area contributed by atoms with E-state index in [0.29, 0.717) is 11.8 Å². The summed E-state index contributed by atoms with van der Waals surface area (Å²) in [5, 5.41) is 0. The molecule has 3 rings (SSSR count). The number of rotatable bonds is 6. The number of allylic oxidation sites excluding steroid dienone is 9. The molecule has 0 saturated carbocycles. The number of hydrogen-bond acceptors (Lipinski definition) is 0. The summed E-state index contributed by atoms with van der Waals surface area (Å²) in [6, 6.07) is 10.8. The summed E-state index contributed by atoms with van der Waals surface area (Å²) in [5.74, 6) is 0.928. The molecule has 32 heavy (non-hydrogen) atoms. The molecule has 1 atom stereocenters. The summed E-state index contributed by atoms with van der Waals surface area (Å²) in [5.41, 5.74) is 16.6. The van der Waals surface area contributed by atoms with Gasteiger partial charge < -0.3 is 5.73 Å². The molecule has 0 aliphatic heterocycles. The Labute approximate surface area is 210 Å². The SMILES string of the molecule is CC(C)C1=C([NH-])C(C(C)C)C(=C(CC(C)(C)C2=CC=CC2)c2ccccc2)C=C1.[Cl][Cr+][Cl]. The molecule has 1 aromatic carbocycles. The summed E-state index contributed by atoms with van der Waals surface area (Å²) in [6.45, 7) is 13.6. The van der Waals surface area contributed by atoms with Crippen LogP contribution in [0, 0.1) is 23.2 Å². The Morgan fingerprint density at radius 3 is 2.22 bits per heavy atom. The molecule has 0 radical (unpaired) electrons. The van der Waals surface area contributed by atoms with E-state index in [4.69, 9.17) is 25.8 Å². The molecule has 4 heteroatoms. The molecule has 2 aliphatic carbocycles. The van der Waals surface area contributed by atoms with Crippen LogP contribution in [-0.4, -0.2) is 0 Å². The van der Waals surface area contributed by atoms with E-state index in [-0.39, 0.29) is 24.7 Å². The maximum absolute atomic E-state index is 9.00. The Morgan fingerprint density at radius 1 is 1.09 bits per heavy atom. The van der Waals surface area contributed by atoms with Crippen molar-refractivity contribution in [2.24, 2.45) is 23.2 Å². The van der Waals surface area contributed by atoms with Gasteiger partial charge in [0.05, 0.1) is 0 Å². The van der Waals surface area contributed by atoms with Crippen molar-refractivity contribution < 1.29 is 13.4 Å². The fourth-order valence-corrected chi connectivity index (χ4v) is 4.71. The molecule has 0 aromatic heterocycles. The van der Waals surface area contributed by atoms with Crippen LogP contribution in [0.4, 0.5) is 0 Å². The average molecular weight is 510 g/mol. The maximum atomic E-state index is 9.00. The van der Waals surface area contributed by atoms with E-state index in [1.54, 1.807) is 0 Å². The standard InChI is InChI=1S/C28H36N.2ClH.Cr/c1-19(2)23-16-17-24(26(20(3)4)27(23)29)25(21-12-8-7-9-13-21)18-28(5,6)22-14-10-11-15-22;;;/h7-14,16-17,19-20,26,29H,15,18H2,1-6H3;2*1H;/q-1;;;+3/p-2. The monoisotopic (exact) mass is 508 g/mol. The fraction of sp³-hybridized carbons (Fsp3) is 0.429. The Morgan fingerprint density at radius 2 is 1.72 bits per heavy atom. The summed E-state index contributed by atoms with van der Waals surface area (Å²) >= 11 is -0.181. The van der Waals surface area contributed by atoms with Crippen molar-refractivity contribution in [1.29, 1.82) is 0 Å². The van der Waals surface area contributed by atoms with E-state index in [0.717, 1.165) is 18.5 Å². The molecule has 1 unspecified atom stereocenters. The minimum absolute atomic E-state index is 0.0846. The predicted octanol–water partition coefficient (Wildman–Crippen LogP) is 9.92. The van der Waals surface area contributed by atoms with Crippen LogP contribution in [-0.2, 0) is 13.4 Å². The molecule has 0 heterocycles. The second-order valence-corrected chi connectivity index (χ2v) is 11.9. The minimum atomic E-state index is -0.181.